The summed E-state index contributed by atoms with van der Waals surface area (Å²) in [6.45, 7) is 0.822. The van der Waals surface area contributed by atoms with Crippen LogP contribution in [0, 0.1) is 5.92 Å². The zero-order valence-electron chi connectivity index (χ0n) is 9.10. The van der Waals surface area contributed by atoms with E-state index in [1.54, 1.807) is 23.1 Å². The molecule has 1 aliphatic rings. The Morgan fingerprint density at radius 2 is 2.18 bits per heavy atom. The van der Waals surface area contributed by atoms with Crippen LogP contribution in [0.1, 0.15) is 16.8 Å². The molecule has 2 rings (SSSR count). The van der Waals surface area contributed by atoms with Gasteiger partial charge >= 0.3 is 5.97 Å². The number of nitrogens with zero attached hydrogens (tertiary/aromatic N) is 1. The predicted octanol–water partition coefficient (Wildman–Crippen LogP) is 2.00. The Morgan fingerprint density at radius 3 is 2.76 bits per heavy atom. The lowest BCUT2D eigenvalue weighted by molar-refractivity contribution is -0.141. The molecule has 0 spiro atoms. The van der Waals surface area contributed by atoms with Crippen LogP contribution in [-0.2, 0) is 4.79 Å². The second-order valence-electron chi connectivity index (χ2n) is 4.09. The summed E-state index contributed by atoms with van der Waals surface area (Å²) in [5.41, 5.74) is 0.588. The van der Waals surface area contributed by atoms with E-state index in [1.807, 2.05) is 6.07 Å². The van der Waals surface area contributed by atoms with Crippen molar-refractivity contribution in [2.75, 3.05) is 13.1 Å². The largest absolute Gasteiger partial charge is 0.481 e. The number of carbonyl (C=O) groups excluding carboxylic acids is 1. The van der Waals surface area contributed by atoms with Gasteiger partial charge in [0, 0.05) is 23.1 Å². The summed E-state index contributed by atoms with van der Waals surface area (Å²) in [7, 11) is 0. The predicted molar refractivity (Wildman–Crippen MR) is 65.8 cm³/mol. The van der Waals surface area contributed by atoms with Crippen molar-refractivity contribution >= 4 is 27.8 Å². The van der Waals surface area contributed by atoms with E-state index in [2.05, 4.69) is 15.9 Å². The molecule has 1 heterocycles. The van der Waals surface area contributed by atoms with Crippen LogP contribution in [0.25, 0.3) is 0 Å². The molecule has 0 saturated carbocycles. The van der Waals surface area contributed by atoms with Crippen LogP contribution in [0.5, 0.6) is 0 Å². The number of carboxylic acids is 1. The molecule has 0 aromatic heterocycles. The van der Waals surface area contributed by atoms with Crippen LogP contribution in [0.15, 0.2) is 28.7 Å². The minimum atomic E-state index is -0.824. The Labute approximate surface area is 107 Å². The van der Waals surface area contributed by atoms with Gasteiger partial charge in [-0.1, -0.05) is 22.0 Å². The van der Waals surface area contributed by atoms with E-state index in [-0.39, 0.29) is 5.91 Å². The van der Waals surface area contributed by atoms with Gasteiger partial charge in [0.05, 0.1) is 5.92 Å². The molecule has 5 heteroatoms. The third-order valence-corrected chi connectivity index (χ3v) is 3.39. The second-order valence-corrected chi connectivity index (χ2v) is 5.00. The Balaban J connectivity index is 2.09. The average Bonchev–Trinajstić information content (AvgIpc) is 2.77. The molecule has 0 aliphatic carbocycles. The van der Waals surface area contributed by atoms with E-state index >= 15 is 0 Å². The Hall–Kier alpha value is -1.36. The number of amides is 1. The van der Waals surface area contributed by atoms with Crippen molar-refractivity contribution < 1.29 is 14.7 Å². The summed E-state index contributed by atoms with van der Waals surface area (Å²) >= 11 is 3.31. The normalized spacial score (nSPS) is 19.4. The molecule has 0 bridgehead atoms. The smallest absolute Gasteiger partial charge is 0.308 e. The molecular weight excluding hydrogens is 286 g/mol. The maximum Gasteiger partial charge on any atom is 0.308 e. The Morgan fingerprint density at radius 1 is 1.41 bits per heavy atom. The van der Waals surface area contributed by atoms with Gasteiger partial charge in [-0.05, 0) is 24.6 Å². The number of hydrogen-bond acceptors (Lipinski definition) is 2. The van der Waals surface area contributed by atoms with E-state index < -0.39 is 11.9 Å². The molecule has 1 fully saturated rings. The molecular formula is C12H12BrNO3. The summed E-state index contributed by atoms with van der Waals surface area (Å²) in [5, 5.41) is 8.88. The molecule has 1 N–H and O–H groups in total. The SMILES string of the molecule is O=C(O)[C@@H]1CCN(C(=O)c2cccc(Br)c2)C1. The maximum atomic E-state index is 12.1. The van der Waals surface area contributed by atoms with E-state index in [1.165, 1.54) is 0 Å². The van der Waals surface area contributed by atoms with Crippen LogP contribution >= 0.6 is 15.9 Å². The molecule has 90 valence electrons. The fourth-order valence-electron chi connectivity index (χ4n) is 1.95. The highest BCUT2D eigenvalue weighted by Gasteiger charge is 2.31. The standard InChI is InChI=1S/C12H12BrNO3/c13-10-3-1-2-8(6-10)11(15)14-5-4-9(7-14)12(16)17/h1-3,6,9H,4-5,7H2,(H,16,17)/t9-/m1/s1. The minimum Gasteiger partial charge on any atom is -0.481 e. The van der Waals surface area contributed by atoms with Gasteiger partial charge < -0.3 is 10.0 Å². The van der Waals surface area contributed by atoms with Crippen LogP contribution in [0.3, 0.4) is 0 Å². The van der Waals surface area contributed by atoms with Gasteiger partial charge in [-0.15, -0.1) is 0 Å². The van der Waals surface area contributed by atoms with Gasteiger partial charge in [0.15, 0.2) is 0 Å². The lowest BCUT2D eigenvalue weighted by Gasteiger charge is -2.15. The molecule has 1 amide bonds. The summed E-state index contributed by atoms with van der Waals surface area (Å²) in [5.74, 6) is -1.35. The second kappa shape index (κ2) is 4.87. The summed E-state index contributed by atoms with van der Waals surface area (Å²) in [6.07, 6.45) is 0.537. The zero-order valence-corrected chi connectivity index (χ0v) is 10.7. The molecule has 1 aromatic rings. The van der Waals surface area contributed by atoms with Crippen molar-refractivity contribution in [3.63, 3.8) is 0 Å². The highest BCUT2D eigenvalue weighted by atomic mass is 79.9. The van der Waals surface area contributed by atoms with Crippen molar-refractivity contribution in [3.05, 3.63) is 34.3 Å². The summed E-state index contributed by atoms with van der Waals surface area (Å²) < 4.78 is 0.845. The monoisotopic (exact) mass is 297 g/mol. The first-order valence-corrected chi connectivity index (χ1v) is 6.15. The number of aliphatic carboxylic acids is 1. The minimum absolute atomic E-state index is 0.102. The number of hydrogen-bond donors (Lipinski definition) is 1. The highest BCUT2D eigenvalue weighted by Crippen LogP contribution is 2.20. The third-order valence-electron chi connectivity index (χ3n) is 2.90. The zero-order chi connectivity index (χ0) is 12.4. The van der Waals surface area contributed by atoms with Crippen LogP contribution < -0.4 is 0 Å². The molecule has 4 nitrogen and oxygen atoms in total. The molecule has 1 aliphatic heterocycles. The number of benzene rings is 1. The molecule has 1 saturated heterocycles. The van der Waals surface area contributed by atoms with Crippen molar-refractivity contribution in [2.45, 2.75) is 6.42 Å². The first-order valence-electron chi connectivity index (χ1n) is 5.35. The van der Waals surface area contributed by atoms with Gasteiger partial charge in [-0.2, -0.15) is 0 Å². The fraction of sp³-hybridized carbons (Fsp3) is 0.333. The van der Waals surface area contributed by atoms with Gasteiger partial charge in [0.25, 0.3) is 5.91 Å². The third kappa shape index (κ3) is 2.66. The summed E-state index contributed by atoms with van der Waals surface area (Å²) in [4.78, 5) is 24.5. The molecule has 0 unspecified atom stereocenters. The number of carboxylic acid groups (broad SMARTS) is 1. The molecule has 0 radical (unpaired) electrons. The maximum absolute atomic E-state index is 12.1. The number of rotatable bonds is 2. The van der Waals surface area contributed by atoms with Gasteiger partial charge in [0.1, 0.15) is 0 Å². The summed E-state index contributed by atoms with van der Waals surface area (Å²) in [6, 6.07) is 7.13. The van der Waals surface area contributed by atoms with Crippen LogP contribution in [0.2, 0.25) is 0 Å². The lowest BCUT2D eigenvalue weighted by atomic mass is 10.1. The lowest BCUT2D eigenvalue weighted by Crippen LogP contribution is -2.29. The van der Waals surface area contributed by atoms with E-state index in [0.717, 1.165) is 4.47 Å². The average molecular weight is 298 g/mol. The first-order chi connectivity index (χ1) is 8.08. The van der Waals surface area contributed by atoms with E-state index in [0.29, 0.717) is 25.1 Å². The first kappa shape index (κ1) is 12.1. The van der Waals surface area contributed by atoms with Gasteiger partial charge in [-0.3, -0.25) is 9.59 Å². The van der Waals surface area contributed by atoms with Crippen molar-refractivity contribution in [3.8, 4) is 0 Å². The van der Waals surface area contributed by atoms with Crippen molar-refractivity contribution in [1.82, 2.24) is 4.90 Å². The Kier molecular flexibility index (Phi) is 3.47. The van der Waals surface area contributed by atoms with Gasteiger partial charge in [-0.25, -0.2) is 0 Å². The number of halogens is 1. The van der Waals surface area contributed by atoms with Crippen LogP contribution in [0.4, 0.5) is 0 Å². The number of likely N-dealkylation sites (tertiary alicyclic amines) is 1. The van der Waals surface area contributed by atoms with Crippen LogP contribution in [-0.4, -0.2) is 35.0 Å². The van der Waals surface area contributed by atoms with Crippen molar-refractivity contribution in [1.29, 1.82) is 0 Å². The topological polar surface area (TPSA) is 57.6 Å². The van der Waals surface area contributed by atoms with Crippen molar-refractivity contribution in [2.24, 2.45) is 5.92 Å². The molecule has 1 atom stereocenters. The quantitative estimate of drug-likeness (QED) is 0.908. The van der Waals surface area contributed by atoms with E-state index in [4.69, 9.17) is 5.11 Å². The van der Waals surface area contributed by atoms with E-state index in [9.17, 15) is 9.59 Å². The molecule has 17 heavy (non-hydrogen) atoms. The highest BCUT2D eigenvalue weighted by molar-refractivity contribution is 9.10. The fourth-order valence-corrected chi connectivity index (χ4v) is 2.35. The van der Waals surface area contributed by atoms with Gasteiger partial charge in [0.2, 0.25) is 0 Å². The molecule has 1 aromatic carbocycles. The number of carbonyl (C=O) groups is 2. The Bertz CT molecular complexity index is 461.